The highest BCUT2D eigenvalue weighted by Gasteiger charge is 2.26. The van der Waals surface area contributed by atoms with Crippen molar-refractivity contribution in [2.45, 2.75) is 19.4 Å². The molecule has 2 aromatic carbocycles. The summed E-state index contributed by atoms with van der Waals surface area (Å²) in [4.78, 5) is 32.0. The Bertz CT molecular complexity index is 1070. The largest absolute Gasteiger partial charge is 0.326 e. The van der Waals surface area contributed by atoms with Gasteiger partial charge in [0.15, 0.2) is 0 Å². The summed E-state index contributed by atoms with van der Waals surface area (Å²) < 4.78 is 0.838. The van der Waals surface area contributed by atoms with Gasteiger partial charge in [-0.2, -0.15) is 0 Å². The number of piperidine rings is 1. The minimum absolute atomic E-state index is 0.00473. The summed E-state index contributed by atoms with van der Waals surface area (Å²) in [5.74, 6) is 0.114. The number of nitrogens with one attached hydrogen (secondary N) is 2. The maximum absolute atomic E-state index is 12.9. The number of hydrogen-bond acceptors (Lipinski definition) is 4. The second kappa shape index (κ2) is 10.5. The number of amides is 2. The number of halogens is 1. The average molecular weight is 493 g/mol. The molecule has 1 atom stereocenters. The highest BCUT2D eigenvalue weighted by molar-refractivity contribution is 9.10. The first-order valence-electron chi connectivity index (χ1n) is 10.7. The van der Waals surface area contributed by atoms with Crippen LogP contribution in [0.4, 0.5) is 11.5 Å². The van der Waals surface area contributed by atoms with E-state index in [1.54, 1.807) is 36.5 Å². The van der Waals surface area contributed by atoms with Crippen LogP contribution in [-0.4, -0.2) is 34.8 Å². The number of carbonyl (C=O) groups excluding carboxylic acids is 2. The second-order valence-corrected chi connectivity index (χ2v) is 8.86. The van der Waals surface area contributed by atoms with Crippen LogP contribution in [0.1, 0.15) is 28.8 Å². The molecular formula is C25H25BrN4O2. The predicted octanol–water partition coefficient (Wildman–Crippen LogP) is 4.95. The Labute approximate surface area is 196 Å². The molecular weight excluding hydrogens is 468 g/mol. The fourth-order valence-electron chi connectivity index (χ4n) is 3.88. The molecule has 0 radical (unpaired) electrons. The topological polar surface area (TPSA) is 74.3 Å². The van der Waals surface area contributed by atoms with E-state index in [0.29, 0.717) is 17.1 Å². The van der Waals surface area contributed by atoms with Gasteiger partial charge in [0, 0.05) is 35.0 Å². The SMILES string of the molecule is O=C(Nc1ccc(Br)cn1)c1cccc(NC(=O)C2CCCN(Cc3ccccc3)C2)c1. The molecule has 2 amide bonds. The van der Waals surface area contributed by atoms with Crippen molar-refractivity contribution in [1.29, 1.82) is 0 Å². The highest BCUT2D eigenvalue weighted by atomic mass is 79.9. The summed E-state index contributed by atoms with van der Waals surface area (Å²) in [6.07, 6.45) is 3.48. The Morgan fingerprint density at radius 1 is 1.03 bits per heavy atom. The molecule has 1 saturated heterocycles. The number of rotatable bonds is 6. The van der Waals surface area contributed by atoms with Gasteiger partial charge in [0.25, 0.3) is 5.91 Å². The van der Waals surface area contributed by atoms with E-state index in [2.05, 4.69) is 48.6 Å². The van der Waals surface area contributed by atoms with Gasteiger partial charge in [-0.05, 0) is 71.2 Å². The van der Waals surface area contributed by atoms with Crippen molar-refractivity contribution >= 4 is 39.2 Å². The first-order valence-corrected chi connectivity index (χ1v) is 11.5. The van der Waals surface area contributed by atoms with Crippen molar-refractivity contribution in [2.24, 2.45) is 5.92 Å². The van der Waals surface area contributed by atoms with Crippen LogP contribution < -0.4 is 10.6 Å². The van der Waals surface area contributed by atoms with Crippen LogP contribution in [0.15, 0.2) is 77.4 Å². The Balaban J connectivity index is 1.35. The lowest BCUT2D eigenvalue weighted by Crippen LogP contribution is -2.40. The average Bonchev–Trinajstić information content (AvgIpc) is 2.81. The smallest absolute Gasteiger partial charge is 0.256 e. The molecule has 1 aliphatic heterocycles. The molecule has 2 N–H and O–H groups in total. The standard InChI is InChI=1S/C25H25BrN4O2/c26-21-11-12-23(27-15-21)29-24(31)19-8-4-10-22(14-19)28-25(32)20-9-5-13-30(17-20)16-18-6-2-1-3-7-18/h1-4,6-8,10-12,14-15,20H,5,9,13,16-17H2,(H,28,32)(H,27,29,31). The van der Waals surface area contributed by atoms with Gasteiger partial charge in [0.05, 0.1) is 5.92 Å². The minimum Gasteiger partial charge on any atom is -0.326 e. The molecule has 1 aromatic heterocycles. The fraction of sp³-hybridized carbons (Fsp3) is 0.240. The maximum Gasteiger partial charge on any atom is 0.256 e. The zero-order valence-electron chi connectivity index (χ0n) is 17.6. The van der Waals surface area contributed by atoms with Gasteiger partial charge in [0.2, 0.25) is 5.91 Å². The quantitative estimate of drug-likeness (QED) is 0.510. The van der Waals surface area contributed by atoms with E-state index < -0.39 is 0 Å². The van der Waals surface area contributed by atoms with Crippen LogP contribution in [0.3, 0.4) is 0 Å². The molecule has 32 heavy (non-hydrogen) atoms. The number of hydrogen-bond donors (Lipinski definition) is 2. The number of nitrogens with zero attached hydrogens (tertiary/aromatic N) is 2. The van der Waals surface area contributed by atoms with Crippen molar-refractivity contribution in [2.75, 3.05) is 23.7 Å². The molecule has 164 valence electrons. The van der Waals surface area contributed by atoms with Crippen LogP contribution >= 0.6 is 15.9 Å². The van der Waals surface area contributed by atoms with Crippen molar-refractivity contribution in [3.63, 3.8) is 0 Å². The lowest BCUT2D eigenvalue weighted by molar-refractivity contribution is -0.121. The Morgan fingerprint density at radius 2 is 1.88 bits per heavy atom. The van der Waals surface area contributed by atoms with E-state index in [9.17, 15) is 9.59 Å². The zero-order chi connectivity index (χ0) is 22.3. The first-order chi connectivity index (χ1) is 15.6. The summed E-state index contributed by atoms with van der Waals surface area (Å²) in [6.45, 7) is 2.58. The van der Waals surface area contributed by atoms with Gasteiger partial charge < -0.3 is 10.6 Å². The normalized spacial score (nSPS) is 16.3. The molecule has 3 aromatic rings. The number of carbonyl (C=O) groups is 2. The lowest BCUT2D eigenvalue weighted by Gasteiger charge is -2.32. The molecule has 1 unspecified atom stereocenters. The highest BCUT2D eigenvalue weighted by Crippen LogP contribution is 2.21. The summed E-state index contributed by atoms with van der Waals surface area (Å²) >= 11 is 3.32. The van der Waals surface area contributed by atoms with Crippen LogP contribution in [0.2, 0.25) is 0 Å². The molecule has 0 bridgehead atoms. The monoisotopic (exact) mass is 492 g/mol. The Kier molecular flexibility index (Phi) is 7.29. The third-order valence-corrected chi connectivity index (χ3v) is 5.96. The van der Waals surface area contributed by atoms with Crippen molar-refractivity contribution in [1.82, 2.24) is 9.88 Å². The number of anilines is 2. The summed E-state index contributed by atoms with van der Waals surface area (Å²) in [5, 5.41) is 5.76. The third kappa shape index (κ3) is 6.02. The lowest BCUT2D eigenvalue weighted by atomic mass is 9.96. The number of benzene rings is 2. The van der Waals surface area contributed by atoms with Gasteiger partial charge in [-0.3, -0.25) is 14.5 Å². The van der Waals surface area contributed by atoms with Crippen LogP contribution in [-0.2, 0) is 11.3 Å². The van der Waals surface area contributed by atoms with Gasteiger partial charge in [-0.15, -0.1) is 0 Å². The van der Waals surface area contributed by atoms with E-state index in [0.717, 1.165) is 36.9 Å². The fourth-order valence-corrected chi connectivity index (χ4v) is 4.11. The summed E-state index contributed by atoms with van der Waals surface area (Å²) in [5.41, 5.74) is 2.33. The van der Waals surface area contributed by atoms with Crippen molar-refractivity contribution in [3.8, 4) is 0 Å². The third-order valence-electron chi connectivity index (χ3n) is 5.49. The molecule has 0 saturated carbocycles. The van der Waals surface area contributed by atoms with Crippen LogP contribution in [0.5, 0.6) is 0 Å². The molecule has 1 fully saturated rings. The summed E-state index contributed by atoms with van der Waals surface area (Å²) in [7, 11) is 0. The van der Waals surface area contributed by atoms with E-state index in [1.165, 1.54) is 5.56 Å². The number of pyridine rings is 1. The van der Waals surface area contributed by atoms with Gasteiger partial charge in [-0.1, -0.05) is 36.4 Å². The van der Waals surface area contributed by atoms with E-state index >= 15 is 0 Å². The van der Waals surface area contributed by atoms with Gasteiger partial charge >= 0.3 is 0 Å². The second-order valence-electron chi connectivity index (χ2n) is 7.95. The first kappa shape index (κ1) is 22.2. The Hall–Kier alpha value is -3.03. The van der Waals surface area contributed by atoms with Gasteiger partial charge in [0.1, 0.15) is 5.82 Å². The Morgan fingerprint density at radius 3 is 2.66 bits per heavy atom. The van der Waals surface area contributed by atoms with Crippen molar-refractivity contribution in [3.05, 3.63) is 88.5 Å². The number of likely N-dealkylation sites (tertiary alicyclic amines) is 1. The maximum atomic E-state index is 12.9. The van der Waals surface area contributed by atoms with E-state index in [-0.39, 0.29) is 17.7 Å². The molecule has 0 spiro atoms. The minimum atomic E-state index is -0.275. The molecule has 4 rings (SSSR count). The zero-order valence-corrected chi connectivity index (χ0v) is 19.2. The van der Waals surface area contributed by atoms with E-state index in [4.69, 9.17) is 0 Å². The summed E-state index contributed by atoms with van der Waals surface area (Å²) in [6, 6.07) is 20.8. The number of aromatic nitrogens is 1. The van der Waals surface area contributed by atoms with Crippen molar-refractivity contribution < 1.29 is 9.59 Å². The molecule has 7 heteroatoms. The molecule has 6 nitrogen and oxygen atoms in total. The van der Waals surface area contributed by atoms with E-state index in [1.807, 2.05) is 24.3 Å². The molecule has 0 aliphatic carbocycles. The van der Waals surface area contributed by atoms with Gasteiger partial charge in [-0.25, -0.2) is 4.98 Å². The predicted molar refractivity (Wildman–Crippen MR) is 129 cm³/mol. The van der Waals surface area contributed by atoms with Crippen LogP contribution in [0, 0.1) is 5.92 Å². The molecule has 2 heterocycles. The van der Waals surface area contributed by atoms with Crippen LogP contribution in [0.25, 0.3) is 0 Å². The molecule has 1 aliphatic rings.